The Kier molecular flexibility index (Phi) is 5.28. The lowest BCUT2D eigenvalue weighted by atomic mass is 10.1. The Labute approximate surface area is 202 Å². The number of carboxylic acid groups (broad SMARTS) is 1. The molecule has 4 heterocycles. The number of hydrogen-bond acceptors (Lipinski definition) is 6. The molecule has 8 heteroatoms. The number of anilines is 2. The predicted molar refractivity (Wildman–Crippen MR) is 135 cm³/mol. The summed E-state index contributed by atoms with van der Waals surface area (Å²) in [5.74, 6) is -1.25. The van der Waals surface area contributed by atoms with Gasteiger partial charge in [0.25, 0.3) is 6.01 Å². The Morgan fingerprint density at radius 1 is 0.857 bits per heavy atom. The first-order chi connectivity index (χ1) is 17.1. The van der Waals surface area contributed by atoms with Crippen molar-refractivity contribution in [2.45, 2.75) is 25.7 Å². The molecule has 0 spiro atoms. The van der Waals surface area contributed by atoms with Crippen LogP contribution in [0.25, 0.3) is 28.0 Å². The van der Waals surface area contributed by atoms with Crippen LogP contribution in [0.15, 0.2) is 63.9 Å². The van der Waals surface area contributed by atoms with Crippen molar-refractivity contribution in [3.63, 3.8) is 0 Å². The molecule has 2 aromatic carbocycles. The fourth-order valence-corrected chi connectivity index (χ4v) is 5.04. The highest BCUT2D eigenvalue weighted by atomic mass is 16.4. The SMILES string of the molecule is O=C(O)c1cn(-c2ccc3nc(N4CCCC4)oc3c2)c(-c2ccc(N3CCCC3)cc2)cc1=O. The van der Waals surface area contributed by atoms with Gasteiger partial charge in [-0.05, 0) is 55.5 Å². The standard InChI is InChI=1S/C27H26N4O4/c32-24-16-23(18-5-7-19(8-6-18)29-11-1-2-12-29)31(17-21(24)26(33)34)20-9-10-22-25(15-20)35-27(28-22)30-13-3-4-14-30/h5-10,15-17H,1-4,11-14H2,(H,33,34). The van der Waals surface area contributed by atoms with E-state index in [9.17, 15) is 14.7 Å². The molecule has 0 amide bonds. The van der Waals surface area contributed by atoms with Crippen LogP contribution < -0.4 is 15.2 Å². The number of benzene rings is 2. The van der Waals surface area contributed by atoms with Gasteiger partial charge in [0.15, 0.2) is 11.0 Å². The zero-order valence-corrected chi connectivity index (χ0v) is 19.3. The lowest BCUT2D eigenvalue weighted by molar-refractivity contribution is 0.0695. The van der Waals surface area contributed by atoms with E-state index < -0.39 is 11.4 Å². The van der Waals surface area contributed by atoms with Crippen LogP contribution in [0.2, 0.25) is 0 Å². The molecule has 0 bridgehead atoms. The van der Waals surface area contributed by atoms with Crippen molar-refractivity contribution in [3.05, 3.63) is 70.5 Å². The topological polar surface area (TPSA) is 91.8 Å². The quantitative estimate of drug-likeness (QED) is 0.458. The number of pyridine rings is 1. The maximum atomic E-state index is 12.6. The third kappa shape index (κ3) is 3.95. The van der Waals surface area contributed by atoms with E-state index in [1.54, 1.807) is 4.57 Å². The molecule has 2 aliphatic heterocycles. The van der Waals surface area contributed by atoms with Crippen molar-refractivity contribution in [3.8, 4) is 16.9 Å². The molecule has 0 aliphatic carbocycles. The number of carbonyl (C=O) groups is 1. The summed E-state index contributed by atoms with van der Waals surface area (Å²) in [6.45, 7) is 3.96. The summed E-state index contributed by atoms with van der Waals surface area (Å²) < 4.78 is 7.79. The fraction of sp³-hybridized carbons (Fsp3) is 0.296. The minimum Gasteiger partial charge on any atom is -0.477 e. The van der Waals surface area contributed by atoms with Gasteiger partial charge in [-0.3, -0.25) is 4.79 Å². The molecule has 0 atom stereocenters. The van der Waals surface area contributed by atoms with Crippen molar-refractivity contribution in [1.82, 2.24) is 9.55 Å². The normalized spacial score (nSPS) is 15.9. The minimum absolute atomic E-state index is 0.280. The van der Waals surface area contributed by atoms with E-state index in [1.807, 2.05) is 30.3 Å². The molecule has 0 radical (unpaired) electrons. The van der Waals surface area contributed by atoms with Crippen LogP contribution in [0, 0.1) is 0 Å². The second-order valence-electron chi connectivity index (χ2n) is 9.20. The van der Waals surface area contributed by atoms with Crippen LogP contribution in [-0.4, -0.2) is 46.8 Å². The molecule has 4 aromatic rings. The van der Waals surface area contributed by atoms with Gasteiger partial charge >= 0.3 is 5.97 Å². The molecular formula is C27H26N4O4. The summed E-state index contributed by atoms with van der Waals surface area (Å²) in [6, 6.07) is 15.7. The second kappa shape index (κ2) is 8.61. The lowest BCUT2D eigenvalue weighted by Gasteiger charge is -2.19. The van der Waals surface area contributed by atoms with Gasteiger partial charge in [0, 0.05) is 55.9 Å². The molecule has 2 aliphatic rings. The smallest absolute Gasteiger partial charge is 0.341 e. The van der Waals surface area contributed by atoms with Crippen molar-refractivity contribution in [2.75, 3.05) is 36.0 Å². The number of carboxylic acids is 1. The van der Waals surface area contributed by atoms with Gasteiger partial charge in [-0.15, -0.1) is 0 Å². The summed E-state index contributed by atoms with van der Waals surface area (Å²) in [5, 5.41) is 9.60. The molecule has 1 N–H and O–H groups in total. The van der Waals surface area contributed by atoms with Gasteiger partial charge in [0.2, 0.25) is 0 Å². The Hall–Kier alpha value is -4.07. The van der Waals surface area contributed by atoms with Gasteiger partial charge in [-0.25, -0.2) is 4.79 Å². The molecule has 0 unspecified atom stereocenters. The van der Waals surface area contributed by atoms with Gasteiger partial charge in [0.05, 0.1) is 5.69 Å². The summed E-state index contributed by atoms with van der Waals surface area (Å²) in [7, 11) is 0. The fourth-order valence-electron chi connectivity index (χ4n) is 5.04. The van der Waals surface area contributed by atoms with E-state index in [0.29, 0.717) is 23.0 Å². The van der Waals surface area contributed by atoms with Crippen molar-refractivity contribution in [1.29, 1.82) is 0 Å². The largest absolute Gasteiger partial charge is 0.477 e. The number of rotatable bonds is 5. The molecule has 178 valence electrons. The van der Waals surface area contributed by atoms with E-state index >= 15 is 0 Å². The first-order valence-electron chi connectivity index (χ1n) is 12.1. The first kappa shape index (κ1) is 21.5. The predicted octanol–water partition coefficient (Wildman–Crippen LogP) is 4.54. The molecule has 2 aromatic heterocycles. The van der Waals surface area contributed by atoms with Crippen LogP contribution in [0.1, 0.15) is 36.0 Å². The number of aromatic carboxylic acids is 1. The molecule has 6 rings (SSSR count). The third-order valence-electron chi connectivity index (χ3n) is 6.93. The van der Waals surface area contributed by atoms with Gasteiger partial charge in [-0.2, -0.15) is 4.98 Å². The number of oxazole rings is 1. The van der Waals surface area contributed by atoms with E-state index in [1.165, 1.54) is 25.1 Å². The van der Waals surface area contributed by atoms with E-state index in [2.05, 4.69) is 26.9 Å². The Balaban J connectivity index is 1.44. The van der Waals surface area contributed by atoms with Crippen LogP contribution in [0.4, 0.5) is 11.7 Å². The van der Waals surface area contributed by atoms with Crippen molar-refractivity contribution >= 4 is 28.8 Å². The maximum absolute atomic E-state index is 12.6. The van der Waals surface area contributed by atoms with Crippen molar-refractivity contribution in [2.24, 2.45) is 0 Å². The Morgan fingerprint density at radius 2 is 1.51 bits per heavy atom. The zero-order valence-electron chi connectivity index (χ0n) is 19.3. The second-order valence-corrected chi connectivity index (χ2v) is 9.20. The third-order valence-corrected chi connectivity index (χ3v) is 6.93. The van der Waals surface area contributed by atoms with E-state index in [0.717, 1.165) is 55.8 Å². The van der Waals surface area contributed by atoms with E-state index in [4.69, 9.17) is 4.42 Å². The van der Waals surface area contributed by atoms with Crippen LogP contribution >= 0.6 is 0 Å². The van der Waals surface area contributed by atoms with Crippen LogP contribution in [0.3, 0.4) is 0 Å². The number of aromatic nitrogens is 2. The van der Waals surface area contributed by atoms with Gasteiger partial charge < -0.3 is 23.9 Å². The van der Waals surface area contributed by atoms with Crippen LogP contribution in [0.5, 0.6) is 0 Å². The molecule has 35 heavy (non-hydrogen) atoms. The van der Waals surface area contributed by atoms with E-state index in [-0.39, 0.29) is 5.56 Å². The summed E-state index contributed by atoms with van der Waals surface area (Å²) >= 11 is 0. The number of nitrogens with zero attached hydrogens (tertiary/aromatic N) is 4. The average Bonchev–Trinajstić information content (AvgIpc) is 3.65. The average molecular weight is 471 g/mol. The molecular weight excluding hydrogens is 444 g/mol. The maximum Gasteiger partial charge on any atom is 0.341 e. The molecule has 8 nitrogen and oxygen atoms in total. The molecule has 2 saturated heterocycles. The highest BCUT2D eigenvalue weighted by molar-refractivity contribution is 5.88. The highest BCUT2D eigenvalue weighted by Crippen LogP contribution is 2.30. The highest BCUT2D eigenvalue weighted by Gasteiger charge is 2.20. The number of fused-ring (bicyclic) bond motifs is 1. The molecule has 0 saturated carbocycles. The monoisotopic (exact) mass is 470 g/mol. The summed E-state index contributed by atoms with van der Waals surface area (Å²) in [4.78, 5) is 33.5. The molecule has 2 fully saturated rings. The first-order valence-corrected chi connectivity index (χ1v) is 12.1. The number of hydrogen-bond donors (Lipinski definition) is 1. The summed E-state index contributed by atoms with van der Waals surface area (Å²) in [5.41, 5.74) is 3.86. The van der Waals surface area contributed by atoms with Crippen molar-refractivity contribution < 1.29 is 14.3 Å². The van der Waals surface area contributed by atoms with Gasteiger partial charge in [0.1, 0.15) is 11.1 Å². The summed E-state index contributed by atoms with van der Waals surface area (Å²) in [6.07, 6.45) is 6.04. The van der Waals surface area contributed by atoms with Crippen LogP contribution in [-0.2, 0) is 0 Å². The van der Waals surface area contributed by atoms with Gasteiger partial charge in [-0.1, -0.05) is 12.1 Å². The zero-order chi connectivity index (χ0) is 23.9. The Morgan fingerprint density at radius 3 is 2.20 bits per heavy atom. The minimum atomic E-state index is -1.25. The lowest BCUT2D eigenvalue weighted by Crippen LogP contribution is -2.18. The Bertz CT molecular complexity index is 1460.